The van der Waals surface area contributed by atoms with Gasteiger partial charge in [0.05, 0.1) is 12.0 Å². The van der Waals surface area contributed by atoms with Crippen molar-refractivity contribution < 1.29 is 9.66 Å². The average Bonchev–Trinajstić information content (AvgIpc) is 3.09. The van der Waals surface area contributed by atoms with Gasteiger partial charge in [-0.05, 0) is 37.4 Å². The van der Waals surface area contributed by atoms with Crippen molar-refractivity contribution in [2.75, 3.05) is 33.3 Å². The van der Waals surface area contributed by atoms with Crippen molar-refractivity contribution >= 4 is 18.1 Å². The van der Waals surface area contributed by atoms with E-state index in [4.69, 9.17) is 4.74 Å². The van der Waals surface area contributed by atoms with E-state index in [1.807, 2.05) is 0 Å². The molecule has 0 aromatic heterocycles. The van der Waals surface area contributed by atoms with E-state index < -0.39 is 0 Å². The zero-order valence-electron chi connectivity index (χ0n) is 12.7. The summed E-state index contributed by atoms with van der Waals surface area (Å²) in [6, 6.07) is 4.82. The number of benzene rings is 1. The summed E-state index contributed by atoms with van der Waals surface area (Å²) in [5, 5.41) is 14.4. The lowest BCUT2D eigenvalue weighted by molar-refractivity contribution is -0.384. The molecule has 1 aromatic carbocycles. The van der Waals surface area contributed by atoms with Crippen LogP contribution in [0.4, 0.5) is 5.69 Å². The lowest BCUT2D eigenvalue weighted by Crippen LogP contribution is -2.29. The second kappa shape index (κ2) is 6.81. The number of non-ortho nitro benzene ring substituents is 1. The third-order valence-corrected chi connectivity index (χ3v) is 4.72. The van der Waals surface area contributed by atoms with Crippen LogP contribution in [0.3, 0.4) is 0 Å². The molecule has 6 nitrogen and oxygen atoms in total. The first kappa shape index (κ1) is 17.0. The van der Waals surface area contributed by atoms with Crippen LogP contribution in [0.25, 0.3) is 0 Å². The maximum Gasteiger partial charge on any atom is 0.270 e. The Bertz CT molecular complexity index is 547. The largest absolute Gasteiger partial charge is 0.496 e. The van der Waals surface area contributed by atoms with Gasteiger partial charge in [0.1, 0.15) is 5.75 Å². The number of rotatable bonds is 4. The first-order chi connectivity index (χ1) is 10.1. The first-order valence-corrected chi connectivity index (χ1v) is 7.36. The summed E-state index contributed by atoms with van der Waals surface area (Å²) in [7, 11) is 1.61. The number of nitrogens with zero attached hydrogens (tertiary/aromatic N) is 2. The highest BCUT2D eigenvalue weighted by atomic mass is 35.5. The first-order valence-electron chi connectivity index (χ1n) is 7.36. The minimum absolute atomic E-state index is 0. The highest BCUT2D eigenvalue weighted by molar-refractivity contribution is 5.85. The molecule has 2 heterocycles. The Balaban J connectivity index is 0.00000176. The van der Waals surface area contributed by atoms with E-state index in [0.29, 0.717) is 12.0 Å². The van der Waals surface area contributed by atoms with Crippen LogP contribution < -0.4 is 10.1 Å². The van der Waals surface area contributed by atoms with Crippen molar-refractivity contribution in [1.82, 2.24) is 10.2 Å². The smallest absolute Gasteiger partial charge is 0.270 e. The van der Waals surface area contributed by atoms with E-state index in [1.165, 1.54) is 18.9 Å². The number of nitro groups is 1. The molecular weight excluding hydrogens is 306 g/mol. The summed E-state index contributed by atoms with van der Waals surface area (Å²) in [5.41, 5.74) is 1.44. The second-order valence-corrected chi connectivity index (χ2v) is 6.14. The maximum atomic E-state index is 10.9. The van der Waals surface area contributed by atoms with Gasteiger partial charge < -0.3 is 10.1 Å². The van der Waals surface area contributed by atoms with Crippen LogP contribution >= 0.6 is 12.4 Å². The predicted molar refractivity (Wildman–Crippen MR) is 86.7 cm³/mol. The van der Waals surface area contributed by atoms with Crippen molar-refractivity contribution in [2.24, 2.45) is 5.41 Å². The van der Waals surface area contributed by atoms with E-state index in [-0.39, 0.29) is 23.0 Å². The van der Waals surface area contributed by atoms with Crippen LogP contribution in [-0.4, -0.2) is 43.1 Å². The van der Waals surface area contributed by atoms with Crippen molar-refractivity contribution in [3.63, 3.8) is 0 Å². The zero-order valence-corrected chi connectivity index (χ0v) is 13.5. The molecule has 2 aliphatic heterocycles. The van der Waals surface area contributed by atoms with Crippen LogP contribution in [0.2, 0.25) is 0 Å². The monoisotopic (exact) mass is 327 g/mol. The van der Waals surface area contributed by atoms with Gasteiger partial charge in [0, 0.05) is 37.3 Å². The summed E-state index contributed by atoms with van der Waals surface area (Å²) in [6.45, 7) is 5.02. The van der Waals surface area contributed by atoms with Crippen LogP contribution in [0.15, 0.2) is 18.2 Å². The fourth-order valence-electron chi connectivity index (χ4n) is 3.55. The van der Waals surface area contributed by atoms with Crippen LogP contribution in [0.5, 0.6) is 5.75 Å². The Morgan fingerprint density at radius 2 is 2.27 bits per heavy atom. The minimum Gasteiger partial charge on any atom is -0.496 e. The van der Waals surface area contributed by atoms with Crippen LogP contribution in [0, 0.1) is 15.5 Å². The van der Waals surface area contributed by atoms with Gasteiger partial charge >= 0.3 is 0 Å². The highest BCUT2D eigenvalue weighted by Gasteiger charge is 2.40. The van der Waals surface area contributed by atoms with Gasteiger partial charge in [-0.2, -0.15) is 0 Å². The fraction of sp³-hybridized carbons (Fsp3) is 0.600. The minimum atomic E-state index is -0.352. The Hall–Kier alpha value is -1.37. The summed E-state index contributed by atoms with van der Waals surface area (Å²) in [5.74, 6) is 0.728. The molecule has 2 aliphatic rings. The quantitative estimate of drug-likeness (QED) is 0.678. The van der Waals surface area contributed by atoms with Crippen molar-refractivity contribution in [2.45, 2.75) is 19.4 Å². The number of likely N-dealkylation sites (tertiary alicyclic amines) is 1. The molecule has 0 radical (unpaired) electrons. The summed E-state index contributed by atoms with van der Waals surface area (Å²) >= 11 is 0. The maximum absolute atomic E-state index is 10.9. The molecule has 1 N–H and O–H groups in total. The fourth-order valence-corrected chi connectivity index (χ4v) is 3.55. The molecule has 0 amide bonds. The second-order valence-electron chi connectivity index (χ2n) is 6.14. The van der Waals surface area contributed by atoms with Gasteiger partial charge in [0.2, 0.25) is 0 Å². The topological polar surface area (TPSA) is 67.6 Å². The van der Waals surface area contributed by atoms with Crippen molar-refractivity contribution in [1.29, 1.82) is 0 Å². The Morgan fingerprint density at radius 3 is 2.91 bits per heavy atom. The molecule has 3 rings (SSSR count). The summed E-state index contributed by atoms with van der Waals surface area (Å²) in [4.78, 5) is 13.0. The Kier molecular flexibility index (Phi) is 5.26. The zero-order chi connectivity index (χ0) is 14.9. The molecule has 2 fully saturated rings. The Morgan fingerprint density at radius 1 is 1.45 bits per heavy atom. The molecule has 1 spiro atoms. The van der Waals surface area contributed by atoms with Crippen LogP contribution in [-0.2, 0) is 6.54 Å². The van der Waals surface area contributed by atoms with Gasteiger partial charge in [0.25, 0.3) is 5.69 Å². The van der Waals surface area contributed by atoms with Gasteiger partial charge in [-0.1, -0.05) is 0 Å². The molecule has 2 saturated heterocycles. The van der Waals surface area contributed by atoms with E-state index in [9.17, 15) is 10.1 Å². The number of hydrogen-bond donors (Lipinski definition) is 1. The molecule has 0 bridgehead atoms. The standard InChI is InChI=1S/C15H21N3O3.ClH/c1-21-14-3-2-13(18(19)20)8-12(14)9-17-7-5-15(11-17)4-6-16-10-15;/h2-3,8,16H,4-7,9-11H2,1H3;1H. The molecule has 7 heteroatoms. The van der Waals surface area contributed by atoms with Gasteiger partial charge in [-0.25, -0.2) is 0 Å². The van der Waals surface area contributed by atoms with Gasteiger partial charge in [-0.15, -0.1) is 12.4 Å². The van der Waals surface area contributed by atoms with Crippen molar-refractivity contribution in [3.05, 3.63) is 33.9 Å². The Labute approximate surface area is 136 Å². The highest BCUT2D eigenvalue weighted by Crippen LogP contribution is 2.37. The van der Waals surface area contributed by atoms with Crippen molar-refractivity contribution in [3.8, 4) is 5.75 Å². The number of halogens is 1. The molecule has 1 unspecified atom stereocenters. The van der Waals surface area contributed by atoms with E-state index in [0.717, 1.165) is 37.5 Å². The number of nitrogens with one attached hydrogen (secondary N) is 1. The summed E-state index contributed by atoms with van der Waals surface area (Å²) in [6.07, 6.45) is 2.44. The van der Waals surface area contributed by atoms with E-state index in [2.05, 4.69) is 10.2 Å². The normalized spacial score (nSPS) is 24.4. The average molecular weight is 328 g/mol. The molecule has 1 aromatic rings. The SMILES string of the molecule is COc1ccc([N+](=O)[O-])cc1CN1CCC2(CCNC2)C1.Cl. The molecule has 22 heavy (non-hydrogen) atoms. The number of methoxy groups -OCH3 is 1. The molecular formula is C15H22ClN3O3. The third-order valence-electron chi connectivity index (χ3n) is 4.72. The lowest BCUT2D eigenvalue weighted by Gasteiger charge is -2.23. The number of ether oxygens (including phenoxy) is 1. The van der Waals surface area contributed by atoms with E-state index >= 15 is 0 Å². The predicted octanol–water partition coefficient (Wildman–Crippen LogP) is 2.21. The molecule has 1 atom stereocenters. The number of hydrogen-bond acceptors (Lipinski definition) is 5. The van der Waals surface area contributed by atoms with E-state index in [1.54, 1.807) is 19.2 Å². The molecule has 122 valence electrons. The summed E-state index contributed by atoms with van der Waals surface area (Å²) < 4.78 is 5.35. The van der Waals surface area contributed by atoms with Gasteiger partial charge in [0.15, 0.2) is 0 Å². The molecule has 0 saturated carbocycles. The number of nitro benzene ring substituents is 1. The molecule has 0 aliphatic carbocycles. The van der Waals surface area contributed by atoms with Gasteiger partial charge in [-0.3, -0.25) is 15.0 Å². The lowest BCUT2D eigenvalue weighted by atomic mass is 9.86. The third kappa shape index (κ3) is 3.34. The van der Waals surface area contributed by atoms with Crippen LogP contribution in [0.1, 0.15) is 18.4 Å².